The molecule has 0 unspecified atom stereocenters. The monoisotopic (exact) mass is 366 g/mol. The van der Waals surface area contributed by atoms with E-state index in [2.05, 4.69) is 57.3 Å². The molecular weight excluding hydrogens is 340 g/mol. The molecule has 1 saturated heterocycles. The van der Waals surface area contributed by atoms with Gasteiger partial charge in [-0.15, -0.1) is 0 Å². The van der Waals surface area contributed by atoms with Crippen LogP contribution in [0.2, 0.25) is 0 Å². The van der Waals surface area contributed by atoms with E-state index in [1.165, 1.54) is 18.4 Å². The molecule has 1 aromatic rings. The van der Waals surface area contributed by atoms with Crippen molar-refractivity contribution in [2.75, 3.05) is 19.6 Å². The topological polar surface area (TPSA) is 32.3 Å². The number of halogens is 1. The summed E-state index contributed by atoms with van der Waals surface area (Å²) in [5.41, 5.74) is 1.34. The molecular formula is C18H27BrN2O. The Balaban J connectivity index is 1.68. The number of hydrogen-bond acceptors (Lipinski definition) is 2. The highest BCUT2D eigenvalue weighted by atomic mass is 79.9. The molecule has 1 amide bonds. The molecule has 1 aliphatic rings. The molecule has 0 aromatic heterocycles. The van der Waals surface area contributed by atoms with Crippen molar-refractivity contribution in [3.05, 3.63) is 34.3 Å². The number of unbranched alkanes of at least 4 members (excludes halogenated alkanes) is 2. The van der Waals surface area contributed by atoms with E-state index in [0.29, 0.717) is 0 Å². The fraction of sp³-hybridized carbons (Fsp3) is 0.611. The van der Waals surface area contributed by atoms with Gasteiger partial charge < -0.3 is 5.32 Å². The maximum absolute atomic E-state index is 12.1. The Labute approximate surface area is 142 Å². The first-order valence-corrected chi connectivity index (χ1v) is 9.23. The van der Waals surface area contributed by atoms with Crippen LogP contribution in [0.15, 0.2) is 28.7 Å². The molecule has 0 saturated carbocycles. The van der Waals surface area contributed by atoms with Crippen LogP contribution in [-0.4, -0.2) is 30.4 Å². The lowest BCUT2D eigenvalue weighted by atomic mass is 9.95. The van der Waals surface area contributed by atoms with Gasteiger partial charge in [-0.1, -0.05) is 47.8 Å². The first-order valence-electron chi connectivity index (χ1n) is 8.43. The molecule has 22 heavy (non-hydrogen) atoms. The molecule has 0 bridgehead atoms. The van der Waals surface area contributed by atoms with Crippen molar-refractivity contribution < 1.29 is 4.79 Å². The van der Waals surface area contributed by atoms with E-state index in [1.54, 1.807) is 0 Å². The third kappa shape index (κ3) is 5.73. The Morgan fingerprint density at radius 2 is 1.91 bits per heavy atom. The molecule has 2 rings (SSSR count). The lowest BCUT2D eigenvalue weighted by molar-refractivity contribution is -0.126. The first kappa shape index (κ1) is 17.5. The summed E-state index contributed by atoms with van der Waals surface area (Å²) < 4.78 is 1.12. The predicted molar refractivity (Wildman–Crippen MR) is 94.7 cm³/mol. The van der Waals surface area contributed by atoms with Crippen molar-refractivity contribution >= 4 is 21.8 Å². The Bertz CT molecular complexity index is 453. The average Bonchev–Trinajstić information content (AvgIpc) is 2.54. The number of likely N-dealkylation sites (tertiary alicyclic amines) is 1. The zero-order valence-electron chi connectivity index (χ0n) is 13.5. The van der Waals surface area contributed by atoms with Gasteiger partial charge in [-0.2, -0.15) is 0 Å². The number of rotatable bonds is 7. The minimum atomic E-state index is 0.211. The van der Waals surface area contributed by atoms with E-state index in [-0.39, 0.29) is 11.8 Å². The van der Waals surface area contributed by atoms with Gasteiger partial charge in [0.1, 0.15) is 0 Å². The summed E-state index contributed by atoms with van der Waals surface area (Å²) in [6.45, 7) is 6.04. The molecule has 3 nitrogen and oxygen atoms in total. The molecule has 1 aromatic carbocycles. The van der Waals surface area contributed by atoms with Crippen LogP contribution in [-0.2, 0) is 11.3 Å². The fourth-order valence-electron chi connectivity index (χ4n) is 2.93. The molecule has 0 atom stereocenters. The van der Waals surface area contributed by atoms with E-state index >= 15 is 0 Å². The summed E-state index contributed by atoms with van der Waals surface area (Å²) in [4.78, 5) is 14.6. The molecule has 122 valence electrons. The molecule has 1 fully saturated rings. The number of nitrogens with one attached hydrogen (secondary N) is 1. The number of benzene rings is 1. The van der Waals surface area contributed by atoms with E-state index in [1.807, 2.05) is 0 Å². The second-order valence-electron chi connectivity index (χ2n) is 6.18. The van der Waals surface area contributed by atoms with E-state index in [4.69, 9.17) is 0 Å². The van der Waals surface area contributed by atoms with Gasteiger partial charge >= 0.3 is 0 Å². The minimum absolute atomic E-state index is 0.211. The van der Waals surface area contributed by atoms with Crippen LogP contribution in [0.3, 0.4) is 0 Å². The van der Waals surface area contributed by atoms with Crippen molar-refractivity contribution in [2.24, 2.45) is 5.92 Å². The summed E-state index contributed by atoms with van der Waals surface area (Å²) >= 11 is 3.47. The summed E-state index contributed by atoms with van der Waals surface area (Å²) in [6, 6.07) is 8.50. The molecule has 1 aliphatic heterocycles. The molecule has 1 N–H and O–H groups in total. The van der Waals surface area contributed by atoms with Gasteiger partial charge in [0.15, 0.2) is 0 Å². The SMILES string of the molecule is CCCCCNC(=O)C1CCN(Cc2ccc(Br)cc2)CC1. The van der Waals surface area contributed by atoms with Crippen LogP contribution < -0.4 is 5.32 Å². The second kappa shape index (κ2) is 9.31. The average molecular weight is 367 g/mol. The van der Waals surface area contributed by atoms with Gasteiger partial charge in [0.05, 0.1) is 0 Å². The molecule has 0 aliphatic carbocycles. The van der Waals surface area contributed by atoms with Crippen molar-refractivity contribution in [2.45, 2.75) is 45.6 Å². The standard InChI is InChI=1S/C18H27BrN2O/c1-2-3-4-11-20-18(22)16-9-12-21(13-10-16)14-15-5-7-17(19)8-6-15/h5-8,16H,2-4,9-14H2,1H3,(H,20,22). The number of carbonyl (C=O) groups is 1. The highest BCUT2D eigenvalue weighted by Crippen LogP contribution is 2.20. The van der Waals surface area contributed by atoms with Gasteiger partial charge in [0.2, 0.25) is 5.91 Å². The Morgan fingerprint density at radius 3 is 2.55 bits per heavy atom. The first-order chi connectivity index (χ1) is 10.7. The Morgan fingerprint density at radius 1 is 1.23 bits per heavy atom. The maximum Gasteiger partial charge on any atom is 0.223 e. The lowest BCUT2D eigenvalue weighted by Gasteiger charge is -2.31. The Hall–Kier alpha value is -0.870. The quantitative estimate of drug-likeness (QED) is 0.740. The lowest BCUT2D eigenvalue weighted by Crippen LogP contribution is -2.40. The summed E-state index contributed by atoms with van der Waals surface area (Å²) in [5, 5.41) is 3.10. The summed E-state index contributed by atoms with van der Waals surface area (Å²) in [5.74, 6) is 0.474. The van der Waals surface area contributed by atoms with Crippen molar-refractivity contribution in [3.8, 4) is 0 Å². The van der Waals surface area contributed by atoms with Gasteiger partial charge in [0.25, 0.3) is 0 Å². The van der Waals surface area contributed by atoms with Gasteiger partial charge in [0, 0.05) is 23.5 Å². The third-order valence-corrected chi connectivity index (χ3v) is 4.89. The highest BCUT2D eigenvalue weighted by molar-refractivity contribution is 9.10. The van der Waals surface area contributed by atoms with Gasteiger partial charge in [-0.25, -0.2) is 0 Å². The minimum Gasteiger partial charge on any atom is -0.356 e. The predicted octanol–water partition coefficient (Wildman–Crippen LogP) is 3.97. The van der Waals surface area contributed by atoms with Crippen molar-refractivity contribution in [1.82, 2.24) is 10.2 Å². The Kier molecular flexibility index (Phi) is 7.40. The van der Waals surface area contributed by atoms with E-state index in [9.17, 15) is 4.79 Å². The van der Waals surface area contributed by atoms with Crippen molar-refractivity contribution in [3.63, 3.8) is 0 Å². The van der Waals surface area contributed by atoms with Crippen LogP contribution in [0.5, 0.6) is 0 Å². The summed E-state index contributed by atoms with van der Waals surface area (Å²) in [6.07, 6.45) is 5.47. The third-order valence-electron chi connectivity index (χ3n) is 4.36. The van der Waals surface area contributed by atoms with Crippen LogP contribution in [0.25, 0.3) is 0 Å². The molecule has 0 radical (unpaired) electrons. The normalized spacial score (nSPS) is 16.6. The fourth-order valence-corrected chi connectivity index (χ4v) is 3.20. The van der Waals surface area contributed by atoms with E-state index in [0.717, 1.165) is 49.9 Å². The maximum atomic E-state index is 12.1. The number of nitrogens with zero attached hydrogens (tertiary/aromatic N) is 1. The summed E-state index contributed by atoms with van der Waals surface area (Å²) in [7, 11) is 0. The van der Waals surface area contributed by atoms with Gasteiger partial charge in [-0.3, -0.25) is 9.69 Å². The second-order valence-corrected chi connectivity index (χ2v) is 7.09. The smallest absolute Gasteiger partial charge is 0.223 e. The number of piperidine rings is 1. The number of hydrogen-bond donors (Lipinski definition) is 1. The zero-order chi connectivity index (χ0) is 15.8. The van der Waals surface area contributed by atoms with Crippen LogP contribution in [0.4, 0.5) is 0 Å². The van der Waals surface area contributed by atoms with Gasteiger partial charge in [-0.05, 0) is 50.0 Å². The number of carbonyl (C=O) groups excluding carboxylic acids is 1. The highest BCUT2D eigenvalue weighted by Gasteiger charge is 2.24. The van der Waals surface area contributed by atoms with Crippen LogP contribution >= 0.6 is 15.9 Å². The number of amides is 1. The van der Waals surface area contributed by atoms with Crippen molar-refractivity contribution in [1.29, 1.82) is 0 Å². The zero-order valence-corrected chi connectivity index (χ0v) is 15.1. The molecule has 4 heteroatoms. The largest absolute Gasteiger partial charge is 0.356 e. The molecule has 0 spiro atoms. The van der Waals surface area contributed by atoms with Crippen LogP contribution in [0.1, 0.15) is 44.6 Å². The molecule has 1 heterocycles. The van der Waals surface area contributed by atoms with Crippen LogP contribution in [0, 0.1) is 5.92 Å². The van der Waals surface area contributed by atoms with E-state index < -0.39 is 0 Å².